The van der Waals surface area contributed by atoms with Crippen LogP contribution in [0.25, 0.3) is 0 Å². The van der Waals surface area contributed by atoms with Crippen LogP contribution in [-0.2, 0) is 6.18 Å². The van der Waals surface area contributed by atoms with Crippen LogP contribution in [0.2, 0.25) is 0 Å². The number of hydrogen-bond acceptors (Lipinski definition) is 2. The number of carbonyl (C=O) groups excluding carboxylic acids is 1. The lowest BCUT2D eigenvalue weighted by atomic mass is 10.1. The molecule has 1 rings (SSSR count). The van der Waals surface area contributed by atoms with Crippen LogP contribution in [0.5, 0.6) is 5.75 Å². The third-order valence-corrected chi connectivity index (χ3v) is 1.91. The SMILES string of the molecule is CC(=O)c1ccc(C(F)(F)F)cc1OC(F)(F)F. The zero-order valence-electron chi connectivity index (χ0n) is 8.82. The molecule has 0 heterocycles. The molecule has 2 nitrogen and oxygen atoms in total. The Bertz CT molecular complexity index is 460. The Morgan fingerprint density at radius 1 is 1.11 bits per heavy atom. The van der Waals surface area contributed by atoms with E-state index in [1.165, 1.54) is 0 Å². The van der Waals surface area contributed by atoms with Crippen molar-refractivity contribution in [2.45, 2.75) is 19.5 Å². The van der Waals surface area contributed by atoms with E-state index in [2.05, 4.69) is 4.74 Å². The summed E-state index contributed by atoms with van der Waals surface area (Å²) in [5.41, 5.74) is -1.90. The molecule has 0 N–H and O–H groups in total. The number of rotatable bonds is 2. The first-order valence-corrected chi connectivity index (χ1v) is 4.48. The van der Waals surface area contributed by atoms with Gasteiger partial charge in [0, 0.05) is 0 Å². The van der Waals surface area contributed by atoms with Gasteiger partial charge in [0.25, 0.3) is 0 Å². The number of alkyl halides is 6. The third-order valence-electron chi connectivity index (χ3n) is 1.91. The van der Waals surface area contributed by atoms with Crippen LogP contribution in [-0.4, -0.2) is 12.1 Å². The summed E-state index contributed by atoms with van der Waals surface area (Å²) in [6.45, 7) is 0.922. The second kappa shape index (κ2) is 4.51. The molecule has 0 spiro atoms. The molecule has 0 saturated carbocycles. The average Bonchev–Trinajstić information content (AvgIpc) is 2.12. The number of Topliss-reactive ketones (excluding diaryl/α,β-unsaturated/α-hetero) is 1. The predicted octanol–water partition coefficient (Wildman–Crippen LogP) is 3.81. The Labute approximate surface area is 97.2 Å². The van der Waals surface area contributed by atoms with Crippen molar-refractivity contribution in [2.75, 3.05) is 0 Å². The molecule has 0 atom stereocenters. The fourth-order valence-corrected chi connectivity index (χ4v) is 1.20. The number of halogens is 6. The fourth-order valence-electron chi connectivity index (χ4n) is 1.20. The van der Waals surface area contributed by atoms with E-state index in [1.54, 1.807) is 0 Å². The monoisotopic (exact) mass is 272 g/mol. The summed E-state index contributed by atoms with van der Waals surface area (Å²) in [5, 5.41) is 0. The highest BCUT2D eigenvalue weighted by molar-refractivity contribution is 5.96. The normalized spacial score (nSPS) is 12.4. The highest BCUT2D eigenvalue weighted by Gasteiger charge is 2.36. The smallest absolute Gasteiger partial charge is 0.405 e. The van der Waals surface area contributed by atoms with Crippen molar-refractivity contribution in [3.63, 3.8) is 0 Å². The van der Waals surface area contributed by atoms with Gasteiger partial charge in [-0.15, -0.1) is 13.2 Å². The summed E-state index contributed by atoms with van der Waals surface area (Å²) in [5.74, 6) is -1.99. The van der Waals surface area contributed by atoms with Crippen molar-refractivity contribution in [3.8, 4) is 5.75 Å². The molecule has 0 radical (unpaired) electrons. The van der Waals surface area contributed by atoms with E-state index in [1.807, 2.05) is 0 Å². The van der Waals surface area contributed by atoms with Gasteiger partial charge in [0.2, 0.25) is 0 Å². The van der Waals surface area contributed by atoms with Crippen molar-refractivity contribution >= 4 is 5.78 Å². The quantitative estimate of drug-likeness (QED) is 0.604. The Kier molecular flexibility index (Phi) is 3.59. The van der Waals surface area contributed by atoms with Gasteiger partial charge in [0.15, 0.2) is 5.78 Å². The molecule has 0 fully saturated rings. The summed E-state index contributed by atoms with van der Waals surface area (Å²) in [6.07, 6.45) is -9.99. The van der Waals surface area contributed by atoms with Crippen molar-refractivity contribution in [1.29, 1.82) is 0 Å². The molecule has 8 heteroatoms. The number of benzene rings is 1. The molecule has 0 aliphatic heterocycles. The zero-order chi connectivity index (χ0) is 14.1. The van der Waals surface area contributed by atoms with E-state index in [0.717, 1.165) is 6.92 Å². The first kappa shape index (κ1) is 14.3. The van der Waals surface area contributed by atoms with E-state index in [9.17, 15) is 31.1 Å². The molecule has 100 valence electrons. The molecule has 1 aromatic rings. The predicted molar refractivity (Wildman–Crippen MR) is 48.1 cm³/mol. The van der Waals surface area contributed by atoms with Crippen molar-refractivity contribution in [2.24, 2.45) is 0 Å². The highest BCUT2D eigenvalue weighted by atomic mass is 19.4. The van der Waals surface area contributed by atoms with E-state index >= 15 is 0 Å². The minimum Gasteiger partial charge on any atom is -0.405 e. The summed E-state index contributed by atoms with van der Waals surface area (Å²) in [7, 11) is 0. The first-order valence-electron chi connectivity index (χ1n) is 4.48. The molecule has 0 saturated heterocycles. The van der Waals surface area contributed by atoms with E-state index in [4.69, 9.17) is 0 Å². The van der Waals surface area contributed by atoms with E-state index < -0.39 is 35.2 Å². The van der Waals surface area contributed by atoms with Crippen molar-refractivity contribution in [3.05, 3.63) is 29.3 Å². The van der Waals surface area contributed by atoms with E-state index in [-0.39, 0.29) is 6.07 Å². The molecule has 1 aromatic carbocycles. The molecule has 0 aliphatic rings. The van der Waals surface area contributed by atoms with Crippen molar-refractivity contribution in [1.82, 2.24) is 0 Å². The number of carbonyl (C=O) groups is 1. The van der Waals surface area contributed by atoms with Crippen LogP contribution < -0.4 is 4.74 Å². The second-order valence-corrected chi connectivity index (χ2v) is 3.31. The van der Waals surface area contributed by atoms with Crippen LogP contribution in [0.15, 0.2) is 18.2 Å². The maximum absolute atomic E-state index is 12.3. The minimum absolute atomic E-state index is 0.143. The minimum atomic E-state index is -5.17. The lowest BCUT2D eigenvalue weighted by molar-refractivity contribution is -0.274. The lowest BCUT2D eigenvalue weighted by Gasteiger charge is -2.14. The first-order chi connectivity index (χ1) is 8.00. The van der Waals surface area contributed by atoms with Gasteiger partial charge in [-0.2, -0.15) is 13.2 Å². The molecule has 0 bridgehead atoms. The summed E-state index contributed by atoms with van der Waals surface area (Å²) in [6, 6.07) is 1.30. The van der Waals surface area contributed by atoms with E-state index in [0.29, 0.717) is 12.1 Å². The topological polar surface area (TPSA) is 26.3 Å². The molecular formula is C10H6F6O2. The van der Waals surface area contributed by atoms with Crippen molar-refractivity contribution < 1.29 is 35.9 Å². The van der Waals surface area contributed by atoms with Gasteiger partial charge in [0.1, 0.15) is 5.75 Å². The molecule has 0 unspecified atom stereocenters. The standard InChI is InChI=1S/C10H6F6O2/c1-5(17)7-3-2-6(9(11,12)13)4-8(7)18-10(14,15)16/h2-4H,1H3. The zero-order valence-corrected chi connectivity index (χ0v) is 8.82. The van der Waals surface area contributed by atoms with Gasteiger partial charge in [-0.25, -0.2) is 0 Å². The second-order valence-electron chi connectivity index (χ2n) is 3.31. The Morgan fingerprint density at radius 2 is 1.67 bits per heavy atom. The Morgan fingerprint density at radius 3 is 2.06 bits per heavy atom. The summed E-state index contributed by atoms with van der Waals surface area (Å²) >= 11 is 0. The Hall–Kier alpha value is -1.73. The number of ketones is 1. The van der Waals surface area contributed by atoms with Crippen LogP contribution >= 0.6 is 0 Å². The fraction of sp³-hybridized carbons (Fsp3) is 0.300. The molecule has 0 aromatic heterocycles. The van der Waals surface area contributed by atoms with Crippen LogP contribution in [0.4, 0.5) is 26.3 Å². The summed E-state index contributed by atoms with van der Waals surface area (Å²) in [4.78, 5) is 11.0. The summed E-state index contributed by atoms with van der Waals surface area (Å²) < 4.78 is 76.3. The lowest BCUT2D eigenvalue weighted by Crippen LogP contribution is -2.19. The van der Waals surface area contributed by atoms with Gasteiger partial charge in [-0.05, 0) is 25.1 Å². The number of hydrogen-bond donors (Lipinski definition) is 0. The third kappa shape index (κ3) is 3.64. The molecule has 0 amide bonds. The largest absolute Gasteiger partial charge is 0.573 e. The van der Waals surface area contributed by atoms with Gasteiger partial charge < -0.3 is 4.74 Å². The van der Waals surface area contributed by atoms with Crippen LogP contribution in [0.1, 0.15) is 22.8 Å². The van der Waals surface area contributed by atoms with Gasteiger partial charge in [-0.1, -0.05) is 0 Å². The average molecular weight is 272 g/mol. The molecule has 18 heavy (non-hydrogen) atoms. The van der Waals surface area contributed by atoms with Crippen LogP contribution in [0, 0.1) is 0 Å². The Balaban J connectivity index is 3.29. The maximum atomic E-state index is 12.3. The highest BCUT2D eigenvalue weighted by Crippen LogP contribution is 2.35. The maximum Gasteiger partial charge on any atom is 0.573 e. The van der Waals surface area contributed by atoms with Gasteiger partial charge >= 0.3 is 12.5 Å². The molecule has 0 aliphatic carbocycles. The van der Waals surface area contributed by atoms with Gasteiger partial charge in [-0.3, -0.25) is 4.79 Å². The van der Waals surface area contributed by atoms with Gasteiger partial charge in [0.05, 0.1) is 11.1 Å². The number of ether oxygens (including phenoxy) is 1. The van der Waals surface area contributed by atoms with Crippen LogP contribution in [0.3, 0.4) is 0 Å². The molecular weight excluding hydrogens is 266 g/mol.